The molecule has 1 atom stereocenters. The Labute approximate surface area is 75.4 Å². The topological polar surface area (TPSA) is 58.9 Å². The zero-order valence-electron chi connectivity index (χ0n) is 7.15. The van der Waals surface area contributed by atoms with Crippen LogP contribution < -0.4 is 0 Å². The van der Waals surface area contributed by atoms with Gasteiger partial charge in [-0.05, 0) is 25.5 Å². The Kier molecular flexibility index (Phi) is 2.70. The SMILES string of the molecule is CC1(N=C=O)C=C(N=C=O)C=CC1. The highest BCUT2D eigenvalue weighted by Gasteiger charge is 2.22. The Morgan fingerprint density at radius 1 is 1.46 bits per heavy atom. The van der Waals surface area contributed by atoms with Crippen LogP contribution in [-0.2, 0) is 9.59 Å². The van der Waals surface area contributed by atoms with Crippen molar-refractivity contribution in [3.8, 4) is 0 Å². The maximum Gasteiger partial charge on any atom is 0.240 e. The normalized spacial score (nSPS) is 25.5. The Balaban J connectivity index is 3.01. The molecule has 0 bridgehead atoms. The Bertz CT molecular complexity index is 358. The van der Waals surface area contributed by atoms with E-state index in [-0.39, 0.29) is 0 Å². The number of hydrogen-bond donors (Lipinski definition) is 0. The number of aliphatic imine (C=N–C) groups is 2. The van der Waals surface area contributed by atoms with Gasteiger partial charge in [-0.15, -0.1) is 0 Å². The molecule has 4 heteroatoms. The van der Waals surface area contributed by atoms with Crippen LogP contribution in [0.4, 0.5) is 0 Å². The van der Waals surface area contributed by atoms with Crippen molar-refractivity contribution in [1.82, 2.24) is 0 Å². The lowest BCUT2D eigenvalue weighted by Crippen LogP contribution is -2.19. The monoisotopic (exact) mass is 176 g/mol. The molecule has 1 aliphatic carbocycles. The predicted octanol–water partition coefficient (Wildman–Crippen LogP) is 1.26. The fourth-order valence-corrected chi connectivity index (χ4v) is 1.15. The molecule has 0 aromatic carbocycles. The molecule has 4 nitrogen and oxygen atoms in total. The van der Waals surface area contributed by atoms with Gasteiger partial charge < -0.3 is 0 Å². The molecule has 0 fully saturated rings. The third kappa shape index (κ3) is 2.34. The van der Waals surface area contributed by atoms with Crippen molar-refractivity contribution in [2.45, 2.75) is 18.9 Å². The molecule has 0 saturated carbocycles. The molecule has 0 amide bonds. The van der Waals surface area contributed by atoms with Crippen molar-refractivity contribution in [3.63, 3.8) is 0 Å². The lowest BCUT2D eigenvalue weighted by atomic mass is 9.93. The van der Waals surface area contributed by atoms with Crippen molar-refractivity contribution >= 4 is 12.2 Å². The van der Waals surface area contributed by atoms with E-state index in [9.17, 15) is 9.59 Å². The average Bonchev–Trinajstić information content (AvgIpc) is 2.04. The third-order valence-electron chi connectivity index (χ3n) is 1.75. The van der Waals surface area contributed by atoms with Gasteiger partial charge in [-0.2, -0.15) is 9.98 Å². The van der Waals surface area contributed by atoms with Crippen LogP contribution >= 0.6 is 0 Å². The largest absolute Gasteiger partial charge is 0.240 e. The van der Waals surface area contributed by atoms with Gasteiger partial charge in [0.1, 0.15) is 0 Å². The molecule has 0 saturated heterocycles. The van der Waals surface area contributed by atoms with E-state index in [1.807, 2.05) is 0 Å². The number of hydrogen-bond acceptors (Lipinski definition) is 4. The highest BCUT2D eigenvalue weighted by molar-refractivity contribution is 5.43. The lowest BCUT2D eigenvalue weighted by Gasteiger charge is -2.19. The number of allylic oxidation sites excluding steroid dienone is 1. The zero-order chi connectivity index (χ0) is 9.73. The molecular weight excluding hydrogens is 168 g/mol. The van der Waals surface area contributed by atoms with Gasteiger partial charge in [0.2, 0.25) is 12.2 Å². The fraction of sp³-hybridized carbons (Fsp3) is 0.333. The summed E-state index contributed by atoms with van der Waals surface area (Å²) in [7, 11) is 0. The van der Waals surface area contributed by atoms with Crippen LogP contribution in [0.15, 0.2) is 33.9 Å². The van der Waals surface area contributed by atoms with Crippen molar-refractivity contribution in [2.24, 2.45) is 9.98 Å². The van der Waals surface area contributed by atoms with E-state index in [0.717, 1.165) is 0 Å². The van der Waals surface area contributed by atoms with Crippen LogP contribution in [0, 0.1) is 0 Å². The second-order valence-electron chi connectivity index (χ2n) is 2.94. The first-order chi connectivity index (χ1) is 6.20. The number of carbonyl (C=O) groups excluding carboxylic acids is 2. The van der Waals surface area contributed by atoms with Gasteiger partial charge in [-0.1, -0.05) is 6.08 Å². The minimum Gasteiger partial charge on any atom is -0.211 e. The first-order valence-electron chi connectivity index (χ1n) is 3.76. The number of isocyanates is 2. The predicted molar refractivity (Wildman–Crippen MR) is 46.5 cm³/mol. The summed E-state index contributed by atoms with van der Waals surface area (Å²) in [5.41, 5.74) is -0.144. The minimum atomic E-state index is -0.619. The van der Waals surface area contributed by atoms with Crippen LogP contribution in [-0.4, -0.2) is 17.7 Å². The smallest absolute Gasteiger partial charge is 0.211 e. The highest BCUT2D eigenvalue weighted by Crippen LogP contribution is 2.24. The van der Waals surface area contributed by atoms with Gasteiger partial charge >= 0.3 is 0 Å². The van der Waals surface area contributed by atoms with Crippen molar-refractivity contribution in [3.05, 3.63) is 23.9 Å². The first kappa shape index (κ1) is 9.33. The summed E-state index contributed by atoms with van der Waals surface area (Å²) in [5, 5.41) is 0. The van der Waals surface area contributed by atoms with Crippen LogP contribution in [0.2, 0.25) is 0 Å². The molecule has 13 heavy (non-hydrogen) atoms. The van der Waals surface area contributed by atoms with Gasteiger partial charge in [-0.25, -0.2) is 9.59 Å². The minimum absolute atomic E-state index is 0.475. The highest BCUT2D eigenvalue weighted by atomic mass is 16.1. The molecule has 0 aromatic rings. The molecule has 1 rings (SSSR count). The molecule has 0 heterocycles. The summed E-state index contributed by atoms with van der Waals surface area (Å²) in [6.45, 7) is 1.77. The number of rotatable bonds is 2. The van der Waals surface area contributed by atoms with Gasteiger partial charge in [0.25, 0.3) is 0 Å². The maximum atomic E-state index is 10.1. The Morgan fingerprint density at radius 2 is 2.23 bits per heavy atom. The lowest BCUT2D eigenvalue weighted by molar-refractivity contribution is 0.537. The second-order valence-corrected chi connectivity index (χ2v) is 2.94. The van der Waals surface area contributed by atoms with Gasteiger partial charge in [-0.3, -0.25) is 0 Å². The van der Waals surface area contributed by atoms with Gasteiger partial charge in [0, 0.05) is 0 Å². The van der Waals surface area contributed by atoms with E-state index in [0.29, 0.717) is 12.1 Å². The average molecular weight is 176 g/mol. The van der Waals surface area contributed by atoms with Crippen LogP contribution in [0.25, 0.3) is 0 Å². The van der Waals surface area contributed by atoms with E-state index in [2.05, 4.69) is 9.98 Å². The van der Waals surface area contributed by atoms with Crippen molar-refractivity contribution < 1.29 is 9.59 Å². The summed E-state index contributed by atoms with van der Waals surface area (Å²) < 4.78 is 0. The number of nitrogens with zero attached hydrogens (tertiary/aromatic N) is 2. The van der Waals surface area contributed by atoms with Crippen LogP contribution in [0.5, 0.6) is 0 Å². The summed E-state index contributed by atoms with van der Waals surface area (Å²) in [6, 6.07) is 0. The molecule has 0 aromatic heterocycles. The van der Waals surface area contributed by atoms with Crippen LogP contribution in [0.3, 0.4) is 0 Å². The standard InChI is InChI=1S/C9H8N2O2/c1-9(11-7-13)4-2-3-8(5-9)10-6-12/h2-3,5H,4H2,1H3. The van der Waals surface area contributed by atoms with Crippen molar-refractivity contribution in [2.75, 3.05) is 0 Å². The first-order valence-corrected chi connectivity index (χ1v) is 3.76. The van der Waals surface area contributed by atoms with E-state index in [1.54, 1.807) is 25.2 Å². The van der Waals surface area contributed by atoms with Gasteiger partial charge in [0.15, 0.2) is 0 Å². The maximum absolute atomic E-state index is 10.1. The van der Waals surface area contributed by atoms with E-state index < -0.39 is 5.54 Å². The fourth-order valence-electron chi connectivity index (χ4n) is 1.15. The summed E-state index contributed by atoms with van der Waals surface area (Å²) in [4.78, 5) is 27.1. The molecule has 0 spiro atoms. The summed E-state index contributed by atoms with van der Waals surface area (Å²) in [5.74, 6) is 0. The molecule has 0 radical (unpaired) electrons. The molecule has 0 N–H and O–H groups in total. The van der Waals surface area contributed by atoms with Crippen LogP contribution in [0.1, 0.15) is 13.3 Å². The van der Waals surface area contributed by atoms with E-state index in [1.165, 1.54) is 12.2 Å². The zero-order valence-corrected chi connectivity index (χ0v) is 7.15. The Hall–Kier alpha value is -1.76. The molecule has 1 aliphatic rings. The quantitative estimate of drug-likeness (QED) is 0.469. The molecule has 66 valence electrons. The summed E-state index contributed by atoms with van der Waals surface area (Å²) >= 11 is 0. The van der Waals surface area contributed by atoms with E-state index in [4.69, 9.17) is 0 Å². The second kappa shape index (κ2) is 3.76. The van der Waals surface area contributed by atoms with Crippen molar-refractivity contribution in [1.29, 1.82) is 0 Å². The van der Waals surface area contributed by atoms with Gasteiger partial charge in [0.05, 0.1) is 11.2 Å². The Morgan fingerprint density at radius 3 is 2.85 bits per heavy atom. The van der Waals surface area contributed by atoms with E-state index >= 15 is 0 Å². The molecule has 1 unspecified atom stereocenters. The summed E-state index contributed by atoms with van der Waals surface area (Å²) in [6.07, 6.45) is 8.67. The molecular formula is C9H8N2O2. The third-order valence-corrected chi connectivity index (χ3v) is 1.75. The molecule has 0 aliphatic heterocycles.